The molecule has 4 rings (SSSR count). The van der Waals surface area contributed by atoms with Gasteiger partial charge in [0.1, 0.15) is 17.2 Å². The SMILES string of the molecule is CC(C)(C)OC(=O)N(c1cc(Nc2ccncc2Cl)nc2c(C=O)cnn12)C1CC1. The van der Waals surface area contributed by atoms with E-state index in [1.54, 1.807) is 23.2 Å². The third-order valence-electron chi connectivity index (χ3n) is 4.39. The summed E-state index contributed by atoms with van der Waals surface area (Å²) in [4.78, 5) is 34.6. The van der Waals surface area contributed by atoms with Gasteiger partial charge in [0.15, 0.2) is 11.9 Å². The first-order valence-electron chi connectivity index (χ1n) is 9.49. The van der Waals surface area contributed by atoms with Crippen molar-refractivity contribution in [3.05, 3.63) is 41.3 Å². The fourth-order valence-corrected chi connectivity index (χ4v) is 3.14. The predicted octanol–water partition coefficient (Wildman–Crippen LogP) is 4.24. The number of hydrogen-bond acceptors (Lipinski definition) is 7. The number of aldehydes is 1. The minimum Gasteiger partial charge on any atom is -0.443 e. The summed E-state index contributed by atoms with van der Waals surface area (Å²) in [6, 6.07) is 3.39. The van der Waals surface area contributed by atoms with Gasteiger partial charge in [0.2, 0.25) is 0 Å². The van der Waals surface area contributed by atoms with Gasteiger partial charge in [-0.2, -0.15) is 9.61 Å². The Morgan fingerprint density at radius 2 is 2.13 bits per heavy atom. The van der Waals surface area contributed by atoms with Gasteiger partial charge in [-0.25, -0.2) is 9.78 Å². The maximum Gasteiger partial charge on any atom is 0.416 e. The molecule has 30 heavy (non-hydrogen) atoms. The molecular weight excluding hydrogens is 408 g/mol. The highest BCUT2D eigenvalue weighted by Gasteiger charge is 2.38. The standard InChI is InChI=1S/C20H21ClN6O3/c1-20(2,3)30-19(29)26(13-4-5-13)17-8-16(24-15-6-7-22-10-14(15)21)25-18-12(11-28)9-23-27(17)18/h6-11,13H,4-5H2,1-3H3,(H,22,24,25). The topological polar surface area (TPSA) is 102 Å². The first-order valence-corrected chi connectivity index (χ1v) is 9.87. The molecule has 0 unspecified atom stereocenters. The second-order valence-corrected chi connectivity index (χ2v) is 8.42. The second kappa shape index (κ2) is 7.56. The summed E-state index contributed by atoms with van der Waals surface area (Å²) in [5.74, 6) is 0.862. The van der Waals surface area contributed by atoms with E-state index in [4.69, 9.17) is 16.3 Å². The van der Waals surface area contributed by atoms with Crippen molar-refractivity contribution in [1.82, 2.24) is 19.6 Å². The van der Waals surface area contributed by atoms with Gasteiger partial charge in [-0.1, -0.05) is 11.6 Å². The number of amides is 1. The van der Waals surface area contributed by atoms with Crippen LogP contribution in [0.25, 0.3) is 5.65 Å². The number of fused-ring (bicyclic) bond motifs is 1. The second-order valence-electron chi connectivity index (χ2n) is 8.01. The van der Waals surface area contributed by atoms with Crippen molar-refractivity contribution in [1.29, 1.82) is 0 Å². The van der Waals surface area contributed by atoms with E-state index in [1.807, 2.05) is 20.8 Å². The molecule has 0 bridgehead atoms. The van der Waals surface area contributed by atoms with Gasteiger partial charge >= 0.3 is 6.09 Å². The molecule has 9 nitrogen and oxygen atoms in total. The normalized spacial score (nSPS) is 13.9. The molecule has 1 aliphatic carbocycles. The van der Waals surface area contributed by atoms with Crippen LogP contribution >= 0.6 is 11.6 Å². The quantitative estimate of drug-likeness (QED) is 0.606. The molecule has 0 atom stereocenters. The Morgan fingerprint density at radius 1 is 1.37 bits per heavy atom. The molecule has 1 aliphatic rings. The number of ether oxygens (including phenoxy) is 1. The fourth-order valence-electron chi connectivity index (χ4n) is 2.97. The Kier molecular flexibility index (Phi) is 5.07. The van der Waals surface area contributed by atoms with Gasteiger partial charge in [0.05, 0.1) is 22.5 Å². The number of anilines is 3. The maximum atomic E-state index is 13.0. The minimum absolute atomic E-state index is 0.00769. The third kappa shape index (κ3) is 4.06. The van der Waals surface area contributed by atoms with Crippen LogP contribution in [0.3, 0.4) is 0 Å². The van der Waals surface area contributed by atoms with Crippen LogP contribution < -0.4 is 10.2 Å². The van der Waals surface area contributed by atoms with Gasteiger partial charge < -0.3 is 10.1 Å². The molecule has 1 saturated carbocycles. The van der Waals surface area contributed by atoms with Crippen molar-refractivity contribution in [3.8, 4) is 0 Å². The number of pyridine rings is 1. The number of carbonyl (C=O) groups excluding carboxylic acids is 2. The van der Waals surface area contributed by atoms with Gasteiger partial charge in [-0.15, -0.1) is 0 Å². The molecule has 0 radical (unpaired) electrons. The van der Waals surface area contributed by atoms with E-state index in [1.165, 1.54) is 16.9 Å². The van der Waals surface area contributed by atoms with E-state index in [2.05, 4.69) is 20.4 Å². The molecule has 1 amide bonds. The van der Waals surface area contributed by atoms with Crippen LogP contribution in [-0.4, -0.2) is 43.6 Å². The first-order chi connectivity index (χ1) is 14.3. The molecule has 0 spiro atoms. The lowest BCUT2D eigenvalue weighted by molar-refractivity contribution is 0.0576. The molecule has 0 saturated heterocycles. The summed E-state index contributed by atoms with van der Waals surface area (Å²) in [6.45, 7) is 5.44. The first kappa shape index (κ1) is 20.1. The lowest BCUT2D eigenvalue weighted by Gasteiger charge is -2.27. The van der Waals surface area contributed by atoms with Crippen LogP contribution in [0, 0.1) is 0 Å². The lowest BCUT2D eigenvalue weighted by Crippen LogP contribution is -2.39. The van der Waals surface area contributed by atoms with Crippen molar-refractivity contribution in [2.75, 3.05) is 10.2 Å². The summed E-state index contributed by atoms with van der Waals surface area (Å²) >= 11 is 6.20. The summed E-state index contributed by atoms with van der Waals surface area (Å²) in [6.07, 6.45) is 6.43. The van der Waals surface area contributed by atoms with Crippen molar-refractivity contribution in [3.63, 3.8) is 0 Å². The van der Waals surface area contributed by atoms with Gasteiger partial charge in [0.25, 0.3) is 0 Å². The average molecular weight is 429 g/mol. The number of nitrogens with zero attached hydrogens (tertiary/aromatic N) is 5. The molecule has 10 heteroatoms. The Bertz CT molecular complexity index is 1120. The minimum atomic E-state index is -0.653. The Hall–Kier alpha value is -3.20. The monoisotopic (exact) mass is 428 g/mol. The van der Waals surface area contributed by atoms with E-state index in [0.717, 1.165) is 12.8 Å². The number of nitrogens with one attached hydrogen (secondary N) is 1. The summed E-state index contributed by atoms with van der Waals surface area (Å²) in [5, 5.41) is 7.82. The number of rotatable bonds is 5. The molecule has 156 valence electrons. The highest BCUT2D eigenvalue weighted by atomic mass is 35.5. The highest BCUT2D eigenvalue weighted by molar-refractivity contribution is 6.33. The van der Waals surface area contributed by atoms with Crippen LogP contribution in [0.4, 0.5) is 22.1 Å². The molecule has 0 aliphatic heterocycles. The number of hydrogen-bond donors (Lipinski definition) is 1. The van der Waals surface area contributed by atoms with Crippen molar-refractivity contribution >= 4 is 47.0 Å². The van der Waals surface area contributed by atoms with Crippen LogP contribution in [0.5, 0.6) is 0 Å². The predicted molar refractivity (Wildman–Crippen MR) is 113 cm³/mol. The van der Waals surface area contributed by atoms with Crippen LogP contribution in [0.1, 0.15) is 44.0 Å². The Morgan fingerprint density at radius 3 is 2.77 bits per heavy atom. The molecular formula is C20H21ClN6O3. The highest BCUT2D eigenvalue weighted by Crippen LogP contribution is 2.35. The van der Waals surface area contributed by atoms with E-state index < -0.39 is 11.7 Å². The van der Waals surface area contributed by atoms with Gasteiger partial charge in [-0.05, 0) is 39.7 Å². The van der Waals surface area contributed by atoms with E-state index in [-0.39, 0.29) is 6.04 Å². The zero-order valence-electron chi connectivity index (χ0n) is 16.8. The molecule has 1 fully saturated rings. The number of halogens is 1. The molecule has 3 aromatic heterocycles. The smallest absolute Gasteiger partial charge is 0.416 e. The largest absolute Gasteiger partial charge is 0.443 e. The van der Waals surface area contributed by atoms with E-state index in [0.29, 0.717) is 39.8 Å². The Balaban J connectivity index is 1.83. The molecule has 0 aromatic carbocycles. The molecule has 3 aromatic rings. The fraction of sp³-hybridized carbons (Fsp3) is 0.350. The zero-order valence-corrected chi connectivity index (χ0v) is 17.6. The van der Waals surface area contributed by atoms with Gasteiger partial charge in [-0.3, -0.25) is 14.7 Å². The van der Waals surface area contributed by atoms with Crippen molar-refractivity contribution in [2.45, 2.75) is 45.3 Å². The van der Waals surface area contributed by atoms with Gasteiger partial charge in [0, 0.05) is 24.5 Å². The average Bonchev–Trinajstić information content (AvgIpc) is 3.40. The summed E-state index contributed by atoms with van der Waals surface area (Å²) in [5.41, 5.74) is 0.571. The number of carbonyl (C=O) groups is 2. The Labute approximate surface area is 178 Å². The van der Waals surface area contributed by atoms with E-state index in [9.17, 15) is 9.59 Å². The maximum absolute atomic E-state index is 13.0. The van der Waals surface area contributed by atoms with Crippen LogP contribution in [0.2, 0.25) is 5.02 Å². The third-order valence-corrected chi connectivity index (χ3v) is 4.69. The van der Waals surface area contributed by atoms with Crippen LogP contribution in [0.15, 0.2) is 30.7 Å². The molecule has 1 N–H and O–H groups in total. The molecule has 3 heterocycles. The summed E-state index contributed by atoms with van der Waals surface area (Å²) in [7, 11) is 0. The lowest BCUT2D eigenvalue weighted by atomic mass is 10.2. The van der Waals surface area contributed by atoms with Crippen molar-refractivity contribution < 1.29 is 14.3 Å². The number of aromatic nitrogens is 4. The van der Waals surface area contributed by atoms with Crippen LogP contribution in [-0.2, 0) is 4.74 Å². The zero-order chi connectivity index (χ0) is 21.5. The van der Waals surface area contributed by atoms with E-state index >= 15 is 0 Å². The van der Waals surface area contributed by atoms with Crippen molar-refractivity contribution in [2.24, 2.45) is 0 Å². The summed E-state index contributed by atoms with van der Waals surface area (Å²) < 4.78 is 7.10.